The van der Waals surface area contributed by atoms with E-state index in [2.05, 4.69) is 5.32 Å². The maximum atomic E-state index is 12.0. The van der Waals surface area contributed by atoms with E-state index in [9.17, 15) is 9.59 Å². The SMILES string of the molecule is CSCC[C@H](N)C(=O)NCCC(=O)N1CCCCCC1.Cl. The molecule has 1 fully saturated rings. The van der Waals surface area contributed by atoms with Gasteiger partial charge in [0, 0.05) is 26.1 Å². The second-order valence-corrected chi connectivity index (χ2v) is 6.21. The number of rotatable bonds is 7. The molecule has 5 nitrogen and oxygen atoms in total. The van der Waals surface area contributed by atoms with Gasteiger partial charge in [0.05, 0.1) is 6.04 Å². The fourth-order valence-electron chi connectivity index (χ4n) is 2.28. The molecule has 124 valence electrons. The highest BCUT2D eigenvalue weighted by Gasteiger charge is 2.16. The highest BCUT2D eigenvalue weighted by molar-refractivity contribution is 7.98. The average Bonchev–Trinajstić information content (AvgIpc) is 2.73. The van der Waals surface area contributed by atoms with Crippen LogP contribution in [0.4, 0.5) is 0 Å². The molecule has 1 aliphatic heterocycles. The zero-order valence-corrected chi connectivity index (χ0v) is 14.4. The molecule has 3 N–H and O–H groups in total. The normalized spacial score (nSPS) is 16.6. The number of halogens is 1. The first-order valence-corrected chi connectivity index (χ1v) is 8.84. The molecular formula is C14H28ClN3O2S. The van der Waals surface area contributed by atoms with Crippen LogP contribution in [0.1, 0.15) is 38.5 Å². The van der Waals surface area contributed by atoms with Gasteiger partial charge in [0.25, 0.3) is 0 Å². The maximum absolute atomic E-state index is 12.0. The number of nitrogens with two attached hydrogens (primary N) is 1. The number of carbonyl (C=O) groups is 2. The summed E-state index contributed by atoms with van der Waals surface area (Å²) in [4.78, 5) is 25.6. The predicted molar refractivity (Wildman–Crippen MR) is 90.9 cm³/mol. The van der Waals surface area contributed by atoms with Crippen molar-refractivity contribution in [2.75, 3.05) is 31.6 Å². The van der Waals surface area contributed by atoms with E-state index in [1.165, 1.54) is 12.8 Å². The number of likely N-dealkylation sites (tertiary alicyclic amines) is 1. The number of nitrogens with zero attached hydrogens (tertiary/aromatic N) is 1. The van der Waals surface area contributed by atoms with Crippen molar-refractivity contribution in [3.05, 3.63) is 0 Å². The minimum absolute atomic E-state index is 0. The number of nitrogens with one attached hydrogen (secondary N) is 1. The summed E-state index contributed by atoms with van der Waals surface area (Å²) in [5.74, 6) is 0.869. The molecule has 0 unspecified atom stereocenters. The molecule has 1 saturated heterocycles. The van der Waals surface area contributed by atoms with Crippen molar-refractivity contribution in [3.8, 4) is 0 Å². The first-order chi connectivity index (χ1) is 9.65. The van der Waals surface area contributed by atoms with E-state index in [0.29, 0.717) is 19.4 Å². The number of carbonyl (C=O) groups excluding carboxylic acids is 2. The van der Waals surface area contributed by atoms with E-state index in [-0.39, 0.29) is 24.2 Å². The molecule has 0 aliphatic carbocycles. The third kappa shape index (κ3) is 8.53. The Morgan fingerprint density at radius 2 is 1.86 bits per heavy atom. The monoisotopic (exact) mass is 337 g/mol. The number of hydrogen-bond acceptors (Lipinski definition) is 4. The van der Waals surface area contributed by atoms with Crippen molar-refractivity contribution in [3.63, 3.8) is 0 Å². The van der Waals surface area contributed by atoms with Crippen molar-refractivity contribution >= 4 is 36.0 Å². The summed E-state index contributed by atoms with van der Waals surface area (Å²) >= 11 is 1.68. The lowest BCUT2D eigenvalue weighted by Crippen LogP contribution is -2.42. The molecule has 1 atom stereocenters. The molecular weight excluding hydrogens is 310 g/mol. The molecule has 0 aromatic carbocycles. The summed E-state index contributed by atoms with van der Waals surface area (Å²) in [5, 5.41) is 2.76. The first-order valence-electron chi connectivity index (χ1n) is 7.45. The Bertz CT molecular complexity index is 311. The first kappa shape index (κ1) is 20.5. The van der Waals surface area contributed by atoms with Gasteiger partial charge in [-0.3, -0.25) is 9.59 Å². The van der Waals surface area contributed by atoms with Gasteiger partial charge in [0.1, 0.15) is 0 Å². The van der Waals surface area contributed by atoms with Gasteiger partial charge in [-0.05, 0) is 31.3 Å². The van der Waals surface area contributed by atoms with Crippen molar-refractivity contribution in [1.82, 2.24) is 10.2 Å². The lowest BCUT2D eigenvalue weighted by atomic mass is 10.2. The lowest BCUT2D eigenvalue weighted by Gasteiger charge is -2.20. The van der Waals surface area contributed by atoms with Gasteiger partial charge < -0.3 is 16.0 Å². The summed E-state index contributed by atoms with van der Waals surface area (Å²) in [6.45, 7) is 2.11. The Labute approximate surface area is 138 Å². The van der Waals surface area contributed by atoms with Gasteiger partial charge in [-0.1, -0.05) is 12.8 Å². The van der Waals surface area contributed by atoms with Crippen LogP contribution in [0.25, 0.3) is 0 Å². The summed E-state index contributed by atoms with van der Waals surface area (Å²) in [6, 6.07) is -0.462. The Morgan fingerprint density at radius 1 is 1.24 bits per heavy atom. The quantitative estimate of drug-likeness (QED) is 0.736. The molecule has 1 heterocycles. The minimum Gasteiger partial charge on any atom is -0.354 e. The lowest BCUT2D eigenvalue weighted by molar-refractivity contribution is -0.131. The van der Waals surface area contributed by atoms with Crippen molar-refractivity contribution < 1.29 is 9.59 Å². The summed E-state index contributed by atoms with van der Waals surface area (Å²) in [5.41, 5.74) is 5.76. The second-order valence-electron chi connectivity index (χ2n) is 5.22. The van der Waals surface area contributed by atoms with Crippen LogP contribution in [0.3, 0.4) is 0 Å². The van der Waals surface area contributed by atoms with Crippen LogP contribution in [0.2, 0.25) is 0 Å². The van der Waals surface area contributed by atoms with E-state index in [1.54, 1.807) is 11.8 Å². The van der Waals surface area contributed by atoms with Gasteiger partial charge in [-0.2, -0.15) is 11.8 Å². The smallest absolute Gasteiger partial charge is 0.236 e. The Kier molecular flexibility index (Phi) is 11.9. The van der Waals surface area contributed by atoms with Crippen LogP contribution in [-0.2, 0) is 9.59 Å². The van der Waals surface area contributed by atoms with E-state index in [1.807, 2.05) is 11.2 Å². The maximum Gasteiger partial charge on any atom is 0.236 e. The van der Waals surface area contributed by atoms with E-state index >= 15 is 0 Å². The highest BCUT2D eigenvalue weighted by atomic mass is 35.5. The molecule has 1 rings (SSSR count). The second kappa shape index (κ2) is 12.1. The molecule has 0 spiro atoms. The van der Waals surface area contributed by atoms with Crippen LogP contribution < -0.4 is 11.1 Å². The minimum atomic E-state index is -0.462. The van der Waals surface area contributed by atoms with E-state index in [0.717, 1.165) is 31.7 Å². The number of amides is 2. The summed E-state index contributed by atoms with van der Waals surface area (Å²) < 4.78 is 0. The van der Waals surface area contributed by atoms with Crippen molar-refractivity contribution in [2.45, 2.75) is 44.6 Å². The van der Waals surface area contributed by atoms with Gasteiger partial charge >= 0.3 is 0 Å². The van der Waals surface area contributed by atoms with Gasteiger partial charge in [-0.15, -0.1) is 12.4 Å². The molecule has 1 aliphatic rings. The molecule has 21 heavy (non-hydrogen) atoms. The fraction of sp³-hybridized carbons (Fsp3) is 0.857. The topological polar surface area (TPSA) is 75.4 Å². The van der Waals surface area contributed by atoms with Crippen LogP contribution >= 0.6 is 24.2 Å². The Morgan fingerprint density at radius 3 is 2.43 bits per heavy atom. The number of hydrogen-bond donors (Lipinski definition) is 2. The zero-order chi connectivity index (χ0) is 14.8. The standard InChI is InChI=1S/C14H27N3O2S.ClH/c1-20-11-7-12(15)14(19)16-8-6-13(18)17-9-4-2-3-5-10-17;/h12H,2-11,15H2,1H3,(H,16,19);1H/t12-;/m0./s1. The van der Waals surface area contributed by atoms with Crippen LogP contribution in [0, 0.1) is 0 Å². The largest absolute Gasteiger partial charge is 0.354 e. The molecule has 0 saturated carbocycles. The molecule has 7 heteroatoms. The van der Waals surface area contributed by atoms with Crippen LogP contribution in [0.15, 0.2) is 0 Å². The van der Waals surface area contributed by atoms with Gasteiger partial charge in [0.15, 0.2) is 0 Å². The van der Waals surface area contributed by atoms with E-state index in [4.69, 9.17) is 5.73 Å². The van der Waals surface area contributed by atoms with Gasteiger partial charge in [0.2, 0.25) is 11.8 Å². The Hall–Kier alpha value is -0.460. The zero-order valence-electron chi connectivity index (χ0n) is 12.8. The highest BCUT2D eigenvalue weighted by Crippen LogP contribution is 2.10. The predicted octanol–water partition coefficient (Wildman–Crippen LogP) is 1.40. The fourth-order valence-corrected chi connectivity index (χ4v) is 2.77. The average molecular weight is 338 g/mol. The van der Waals surface area contributed by atoms with Crippen LogP contribution in [0.5, 0.6) is 0 Å². The van der Waals surface area contributed by atoms with Crippen molar-refractivity contribution in [2.24, 2.45) is 5.73 Å². The summed E-state index contributed by atoms with van der Waals surface area (Å²) in [7, 11) is 0. The third-order valence-corrected chi connectivity index (χ3v) is 4.21. The number of thioether (sulfide) groups is 1. The molecule has 0 aromatic rings. The summed E-state index contributed by atoms with van der Waals surface area (Å²) in [6.07, 6.45) is 7.66. The molecule has 0 aromatic heterocycles. The van der Waals surface area contributed by atoms with Crippen LogP contribution in [-0.4, -0.2) is 54.4 Å². The Balaban J connectivity index is 0.00000400. The molecule has 0 radical (unpaired) electrons. The molecule has 0 bridgehead atoms. The third-order valence-electron chi connectivity index (χ3n) is 3.57. The van der Waals surface area contributed by atoms with E-state index < -0.39 is 6.04 Å². The van der Waals surface area contributed by atoms with Gasteiger partial charge in [-0.25, -0.2) is 0 Å². The van der Waals surface area contributed by atoms with Crippen molar-refractivity contribution in [1.29, 1.82) is 0 Å². The molecule has 2 amide bonds.